The Balaban J connectivity index is 1.67. The number of nitrogens with one attached hydrogen (secondary N) is 1. The number of aromatic nitrogens is 1. The third-order valence-corrected chi connectivity index (χ3v) is 4.75. The van der Waals surface area contributed by atoms with Crippen molar-refractivity contribution in [3.05, 3.63) is 59.2 Å². The van der Waals surface area contributed by atoms with Gasteiger partial charge in [-0.1, -0.05) is 12.1 Å². The van der Waals surface area contributed by atoms with Crippen molar-refractivity contribution in [2.45, 2.75) is 39.4 Å². The lowest BCUT2D eigenvalue weighted by molar-refractivity contribution is 0.0291. The van der Waals surface area contributed by atoms with E-state index in [1.807, 2.05) is 30.0 Å². The van der Waals surface area contributed by atoms with Gasteiger partial charge in [-0.15, -0.1) is 0 Å². The third kappa shape index (κ3) is 3.51. The number of benzene rings is 1. The quantitative estimate of drug-likeness (QED) is 0.939. The van der Waals surface area contributed by atoms with Crippen molar-refractivity contribution >= 4 is 5.91 Å². The van der Waals surface area contributed by atoms with E-state index in [1.54, 1.807) is 6.20 Å². The summed E-state index contributed by atoms with van der Waals surface area (Å²) in [6, 6.07) is 8.94. The number of rotatable bonds is 3. The summed E-state index contributed by atoms with van der Waals surface area (Å²) in [4.78, 5) is 20.1. The monoisotopic (exact) mass is 329 g/mol. The molecule has 0 aliphatic carbocycles. The summed E-state index contributed by atoms with van der Waals surface area (Å²) in [5.41, 5.74) is 2.81. The zero-order valence-electron chi connectivity index (χ0n) is 14.4. The molecule has 0 spiro atoms. The third-order valence-electron chi connectivity index (χ3n) is 4.75. The van der Waals surface area contributed by atoms with E-state index in [1.165, 1.54) is 12.1 Å². The van der Waals surface area contributed by atoms with Crippen molar-refractivity contribution in [1.29, 1.82) is 0 Å². The van der Waals surface area contributed by atoms with Gasteiger partial charge >= 0.3 is 0 Å². The van der Waals surface area contributed by atoms with Crippen LogP contribution >= 0.6 is 0 Å². The van der Waals surface area contributed by atoms with Crippen molar-refractivity contribution in [2.24, 2.45) is 0 Å². The number of nitrogens with zero attached hydrogens (tertiary/aromatic N) is 2. The number of carbonyl (C=O) groups is 1. The van der Waals surface area contributed by atoms with Crippen molar-refractivity contribution < 1.29 is 9.18 Å². The van der Waals surface area contributed by atoms with Gasteiger partial charge in [-0.2, -0.15) is 0 Å². The summed E-state index contributed by atoms with van der Waals surface area (Å²) in [5.74, 6) is -0.127. The van der Waals surface area contributed by atoms with Gasteiger partial charge in [-0.05, 0) is 44.5 Å². The molecule has 1 amide bonds. The van der Waals surface area contributed by atoms with E-state index in [0.29, 0.717) is 6.54 Å². The minimum atomic E-state index is -0.211. The number of aromatic amines is 1. The van der Waals surface area contributed by atoms with Crippen LogP contribution in [0.15, 0.2) is 36.5 Å². The van der Waals surface area contributed by atoms with Gasteiger partial charge in [0.2, 0.25) is 0 Å². The zero-order chi connectivity index (χ0) is 17.3. The Labute approximate surface area is 142 Å². The first-order chi connectivity index (χ1) is 11.4. The number of hydrogen-bond acceptors (Lipinski definition) is 2. The van der Waals surface area contributed by atoms with Gasteiger partial charge < -0.3 is 9.88 Å². The Kier molecular flexibility index (Phi) is 4.71. The molecule has 1 aromatic heterocycles. The highest BCUT2D eigenvalue weighted by Gasteiger charge is 2.32. The first kappa shape index (κ1) is 16.7. The topological polar surface area (TPSA) is 39.3 Å². The molecule has 1 N–H and O–H groups in total. The number of piperazine rings is 1. The van der Waals surface area contributed by atoms with E-state index in [0.717, 1.165) is 29.9 Å². The number of H-pyrrole nitrogens is 1. The van der Waals surface area contributed by atoms with Gasteiger partial charge in [0.05, 0.1) is 5.56 Å². The van der Waals surface area contributed by atoms with Gasteiger partial charge in [0, 0.05) is 43.6 Å². The number of carbonyl (C=O) groups excluding carboxylic acids is 1. The first-order valence-electron chi connectivity index (χ1n) is 8.38. The highest BCUT2D eigenvalue weighted by atomic mass is 19.1. The van der Waals surface area contributed by atoms with Crippen LogP contribution in [-0.2, 0) is 6.54 Å². The normalized spacial score (nSPS) is 21.9. The predicted molar refractivity (Wildman–Crippen MR) is 92.3 cm³/mol. The maximum absolute atomic E-state index is 13.0. The summed E-state index contributed by atoms with van der Waals surface area (Å²) < 4.78 is 13.0. The predicted octanol–water partition coefficient (Wildman–Crippen LogP) is 3.20. The average molecular weight is 329 g/mol. The molecule has 3 rings (SSSR count). The second kappa shape index (κ2) is 6.77. The van der Waals surface area contributed by atoms with E-state index in [-0.39, 0.29) is 23.8 Å². The highest BCUT2D eigenvalue weighted by molar-refractivity contribution is 5.94. The lowest BCUT2D eigenvalue weighted by atomic mass is 10.1. The second-order valence-corrected chi connectivity index (χ2v) is 6.78. The molecule has 1 saturated heterocycles. The molecule has 0 saturated carbocycles. The Hall–Kier alpha value is -2.14. The SMILES string of the molecule is Cc1cc(C(=O)N2C[C@H](C)N(Cc3ccc(F)cc3)C[C@@H]2C)c[nH]1. The lowest BCUT2D eigenvalue weighted by Gasteiger charge is -2.44. The molecule has 1 aliphatic rings. The molecule has 2 atom stereocenters. The van der Waals surface area contributed by atoms with E-state index >= 15 is 0 Å². The van der Waals surface area contributed by atoms with Crippen LogP contribution in [0.5, 0.6) is 0 Å². The number of halogens is 1. The van der Waals surface area contributed by atoms with Crippen LogP contribution in [0.1, 0.15) is 35.5 Å². The van der Waals surface area contributed by atoms with E-state index in [9.17, 15) is 9.18 Å². The fourth-order valence-electron chi connectivity index (χ4n) is 3.32. The van der Waals surface area contributed by atoms with Gasteiger partial charge in [0.15, 0.2) is 0 Å². The summed E-state index contributed by atoms with van der Waals surface area (Å²) in [7, 11) is 0. The zero-order valence-corrected chi connectivity index (χ0v) is 14.4. The molecule has 0 bridgehead atoms. The Morgan fingerprint density at radius 1 is 1.21 bits per heavy atom. The van der Waals surface area contributed by atoms with Crippen LogP contribution in [-0.4, -0.2) is 45.9 Å². The van der Waals surface area contributed by atoms with Crippen LogP contribution in [0.2, 0.25) is 0 Å². The van der Waals surface area contributed by atoms with E-state index in [4.69, 9.17) is 0 Å². The molecule has 24 heavy (non-hydrogen) atoms. The molecular formula is C19H24FN3O. The Morgan fingerprint density at radius 3 is 2.54 bits per heavy atom. The molecule has 0 unspecified atom stereocenters. The van der Waals surface area contributed by atoms with Crippen LogP contribution in [0.3, 0.4) is 0 Å². The van der Waals surface area contributed by atoms with Crippen LogP contribution in [0.4, 0.5) is 4.39 Å². The van der Waals surface area contributed by atoms with Crippen molar-refractivity contribution in [3.8, 4) is 0 Å². The first-order valence-corrected chi connectivity index (χ1v) is 8.38. The van der Waals surface area contributed by atoms with Crippen LogP contribution < -0.4 is 0 Å². The maximum Gasteiger partial charge on any atom is 0.255 e. The Morgan fingerprint density at radius 2 is 1.92 bits per heavy atom. The summed E-state index contributed by atoms with van der Waals surface area (Å²) in [5, 5.41) is 0. The molecule has 1 aromatic carbocycles. The lowest BCUT2D eigenvalue weighted by Crippen LogP contribution is -2.57. The van der Waals surface area contributed by atoms with Crippen LogP contribution in [0.25, 0.3) is 0 Å². The van der Waals surface area contributed by atoms with Crippen molar-refractivity contribution in [1.82, 2.24) is 14.8 Å². The molecule has 4 nitrogen and oxygen atoms in total. The van der Waals surface area contributed by atoms with E-state index in [2.05, 4.69) is 23.7 Å². The minimum Gasteiger partial charge on any atom is -0.364 e. The van der Waals surface area contributed by atoms with Gasteiger partial charge in [-0.3, -0.25) is 9.69 Å². The molecule has 0 radical (unpaired) electrons. The minimum absolute atomic E-state index is 0.0835. The number of amides is 1. The molecule has 128 valence electrons. The summed E-state index contributed by atoms with van der Waals surface area (Å²) in [6.45, 7) is 8.46. The fourth-order valence-corrected chi connectivity index (χ4v) is 3.32. The summed E-state index contributed by atoms with van der Waals surface area (Å²) in [6.07, 6.45) is 1.78. The average Bonchev–Trinajstić information content (AvgIpc) is 2.98. The van der Waals surface area contributed by atoms with Gasteiger partial charge in [0.1, 0.15) is 5.82 Å². The number of hydrogen-bond donors (Lipinski definition) is 1. The maximum atomic E-state index is 13.0. The smallest absolute Gasteiger partial charge is 0.255 e. The van der Waals surface area contributed by atoms with Gasteiger partial charge in [-0.25, -0.2) is 4.39 Å². The molecule has 1 fully saturated rings. The largest absolute Gasteiger partial charge is 0.364 e. The van der Waals surface area contributed by atoms with Crippen molar-refractivity contribution in [3.63, 3.8) is 0 Å². The van der Waals surface area contributed by atoms with E-state index < -0.39 is 0 Å². The summed E-state index contributed by atoms with van der Waals surface area (Å²) >= 11 is 0. The van der Waals surface area contributed by atoms with Gasteiger partial charge in [0.25, 0.3) is 5.91 Å². The second-order valence-electron chi connectivity index (χ2n) is 6.78. The molecule has 5 heteroatoms. The molecule has 2 heterocycles. The standard InChI is InChI=1S/C19H24FN3O/c1-13-8-17(9-21-13)19(24)23-11-14(2)22(10-15(23)3)12-16-4-6-18(20)7-5-16/h4-9,14-15,21H,10-12H2,1-3H3/t14-,15-/m0/s1. The van der Waals surface area contributed by atoms with Crippen LogP contribution in [0, 0.1) is 12.7 Å². The number of aryl methyl sites for hydroxylation is 1. The molecular weight excluding hydrogens is 305 g/mol. The molecule has 1 aliphatic heterocycles. The highest BCUT2D eigenvalue weighted by Crippen LogP contribution is 2.20. The molecule has 2 aromatic rings. The fraction of sp³-hybridized carbons (Fsp3) is 0.421. The Bertz CT molecular complexity index is 710. The van der Waals surface area contributed by atoms with Crippen molar-refractivity contribution in [2.75, 3.05) is 13.1 Å².